The van der Waals surface area contributed by atoms with Crippen LogP contribution in [0.5, 0.6) is 5.75 Å². The summed E-state index contributed by atoms with van der Waals surface area (Å²) < 4.78 is 5.72. The van der Waals surface area contributed by atoms with E-state index in [1.807, 2.05) is 0 Å². The van der Waals surface area contributed by atoms with Gasteiger partial charge < -0.3 is 25.4 Å². The zero-order valence-electron chi connectivity index (χ0n) is 18.8. The molecule has 1 rings (SSSR count). The van der Waals surface area contributed by atoms with E-state index in [2.05, 4.69) is 37.4 Å². The zero-order chi connectivity index (χ0) is 22.0. The van der Waals surface area contributed by atoms with E-state index in [4.69, 9.17) is 4.74 Å². The maximum atomic E-state index is 10.2. The summed E-state index contributed by atoms with van der Waals surface area (Å²) in [6.07, 6.45) is 13.7. The van der Waals surface area contributed by atoms with E-state index in [0.717, 1.165) is 58.3 Å². The van der Waals surface area contributed by atoms with E-state index in [1.54, 1.807) is 12.1 Å². The van der Waals surface area contributed by atoms with Crippen LogP contribution in [0.2, 0.25) is 0 Å². The summed E-state index contributed by atoms with van der Waals surface area (Å²) in [6.45, 7) is 6.92. The first-order valence-electron chi connectivity index (χ1n) is 11.3. The molecule has 0 saturated carbocycles. The van der Waals surface area contributed by atoms with Crippen molar-refractivity contribution < 1.29 is 20.1 Å². The lowest BCUT2D eigenvalue weighted by atomic mass is 10.1. The maximum absolute atomic E-state index is 10.2. The quantitative estimate of drug-likeness (QED) is 0.216. The van der Waals surface area contributed by atoms with Crippen LogP contribution in [0.25, 0.3) is 0 Å². The molecule has 0 radical (unpaired) electrons. The normalized spacial score (nSPS) is 13.3. The highest BCUT2D eigenvalue weighted by Gasteiger charge is 2.09. The van der Waals surface area contributed by atoms with Crippen molar-refractivity contribution in [1.29, 1.82) is 0 Å². The summed E-state index contributed by atoms with van der Waals surface area (Å²) in [5.41, 5.74) is 2.53. The molecule has 0 spiro atoms. The van der Waals surface area contributed by atoms with Gasteiger partial charge >= 0.3 is 0 Å². The molecular weight excluding hydrogens is 378 g/mol. The molecule has 0 aromatic heterocycles. The fraction of sp³-hybridized carbons (Fsp3) is 0.600. The van der Waals surface area contributed by atoms with Crippen LogP contribution in [-0.4, -0.2) is 41.6 Å². The molecule has 5 nitrogen and oxygen atoms in total. The van der Waals surface area contributed by atoms with Crippen LogP contribution in [0.4, 0.5) is 0 Å². The third-order valence-corrected chi connectivity index (χ3v) is 5.14. The Hall–Kier alpha value is -1.66. The Morgan fingerprint density at radius 3 is 2.50 bits per heavy atom. The van der Waals surface area contributed by atoms with Crippen LogP contribution in [0.1, 0.15) is 76.0 Å². The number of aliphatic hydroxyl groups is 2. The lowest BCUT2D eigenvalue weighted by Gasteiger charge is -2.14. The Labute approximate surface area is 182 Å². The molecule has 1 atom stereocenters. The molecule has 0 amide bonds. The van der Waals surface area contributed by atoms with Crippen molar-refractivity contribution in [2.45, 2.75) is 71.5 Å². The molecule has 0 aliphatic carbocycles. The summed E-state index contributed by atoms with van der Waals surface area (Å²) in [6, 6.07) is 4.83. The van der Waals surface area contributed by atoms with Crippen molar-refractivity contribution in [3.8, 4) is 5.75 Å². The number of unbranched alkanes of at least 4 members (excludes halogenated alkanes) is 4. The predicted octanol–water partition coefficient (Wildman–Crippen LogP) is 4.78. The molecule has 170 valence electrons. The van der Waals surface area contributed by atoms with Gasteiger partial charge in [0.05, 0.1) is 12.7 Å². The molecular formula is C25H41NO4. The van der Waals surface area contributed by atoms with E-state index >= 15 is 0 Å². The highest BCUT2D eigenvalue weighted by atomic mass is 16.5. The van der Waals surface area contributed by atoms with E-state index in [0.29, 0.717) is 17.7 Å². The van der Waals surface area contributed by atoms with Crippen molar-refractivity contribution in [1.82, 2.24) is 5.32 Å². The van der Waals surface area contributed by atoms with Gasteiger partial charge in [0, 0.05) is 25.3 Å². The van der Waals surface area contributed by atoms with Gasteiger partial charge in [0.25, 0.3) is 0 Å². The summed E-state index contributed by atoms with van der Waals surface area (Å²) in [5.74, 6) is 0.0533. The fourth-order valence-electron chi connectivity index (χ4n) is 3.28. The number of aromatic hydroxyl groups is 1. The summed E-state index contributed by atoms with van der Waals surface area (Å²) in [4.78, 5) is 0. The van der Waals surface area contributed by atoms with Crippen LogP contribution in [0.15, 0.2) is 42.0 Å². The Balaban J connectivity index is 1.95. The van der Waals surface area contributed by atoms with Gasteiger partial charge in [0.1, 0.15) is 5.75 Å². The molecule has 1 unspecified atom stereocenters. The van der Waals surface area contributed by atoms with Crippen LogP contribution in [-0.2, 0) is 11.3 Å². The van der Waals surface area contributed by atoms with Gasteiger partial charge in [0.15, 0.2) is 0 Å². The van der Waals surface area contributed by atoms with Gasteiger partial charge in [-0.1, -0.05) is 42.7 Å². The number of hydrogen-bond acceptors (Lipinski definition) is 5. The lowest BCUT2D eigenvalue weighted by Crippen LogP contribution is -2.22. The molecule has 0 fully saturated rings. The Morgan fingerprint density at radius 2 is 1.80 bits per heavy atom. The first-order chi connectivity index (χ1) is 14.6. The number of phenols is 1. The standard InChI is InChI=1S/C25H41NO4/c1-3-11-21(4-2)12-7-10-17-30-16-9-6-5-8-15-26-19-25(29)22-13-14-24(28)23(18-22)20-27/h3-4,11,13-14,18,25-29H,5-10,12,15-17,19-20H2,1-2H3/b11-3-,21-4+. The molecule has 0 saturated heterocycles. The van der Waals surface area contributed by atoms with E-state index in [-0.39, 0.29) is 12.4 Å². The second-order valence-electron chi connectivity index (χ2n) is 7.61. The van der Waals surface area contributed by atoms with Crippen LogP contribution in [0, 0.1) is 0 Å². The van der Waals surface area contributed by atoms with E-state index < -0.39 is 6.10 Å². The second-order valence-corrected chi connectivity index (χ2v) is 7.61. The predicted molar refractivity (Wildman–Crippen MR) is 124 cm³/mol. The summed E-state index contributed by atoms with van der Waals surface area (Å²) in [7, 11) is 0. The number of allylic oxidation sites excluding steroid dienone is 4. The maximum Gasteiger partial charge on any atom is 0.121 e. The van der Waals surface area contributed by atoms with Crippen LogP contribution >= 0.6 is 0 Å². The Kier molecular flexibility index (Phi) is 15.0. The monoisotopic (exact) mass is 419 g/mol. The van der Waals surface area contributed by atoms with Gasteiger partial charge in [0.2, 0.25) is 0 Å². The van der Waals surface area contributed by atoms with Crippen LogP contribution < -0.4 is 5.32 Å². The fourth-order valence-corrected chi connectivity index (χ4v) is 3.28. The molecule has 5 heteroatoms. The molecule has 0 aliphatic heterocycles. The van der Waals surface area contributed by atoms with Gasteiger partial charge in [-0.05, 0) is 70.2 Å². The molecule has 0 heterocycles. The lowest BCUT2D eigenvalue weighted by molar-refractivity contribution is 0.126. The van der Waals surface area contributed by atoms with Gasteiger partial charge in [-0.25, -0.2) is 0 Å². The number of ether oxygens (including phenoxy) is 1. The number of rotatable bonds is 17. The van der Waals surface area contributed by atoms with Crippen molar-refractivity contribution in [2.24, 2.45) is 0 Å². The topological polar surface area (TPSA) is 82.0 Å². The zero-order valence-corrected chi connectivity index (χ0v) is 18.8. The van der Waals surface area contributed by atoms with Crippen molar-refractivity contribution in [2.75, 3.05) is 26.3 Å². The van der Waals surface area contributed by atoms with Gasteiger partial charge in [-0.2, -0.15) is 0 Å². The molecule has 0 aliphatic rings. The highest BCUT2D eigenvalue weighted by Crippen LogP contribution is 2.22. The molecule has 0 bridgehead atoms. The minimum Gasteiger partial charge on any atom is -0.508 e. The van der Waals surface area contributed by atoms with Crippen molar-refractivity contribution in [3.63, 3.8) is 0 Å². The second kappa shape index (κ2) is 17.1. The average Bonchev–Trinajstić information content (AvgIpc) is 2.76. The molecule has 30 heavy (non-hydrogen) atoms. The SMILES string of the molecule is C/C=C\C(=C/C)CCCCOCCCCCCNCC(O)c1ccc(O)c(CO)c1. The molecule has 1 aromatic rings. The largest absolute Gasteiger partial charge is 0.508 e. The average molecular weight is 420 g/mol. The van der Waals surface area contributed by atoms with E-state index in [9.17, 15) is 15.3 Å². The minimum absolute atomic E-state index is 0.0533. The Bertz CT molecular complexity index is 628. The summed E-state index contributed by atoms with van der Waals surface area (Å²) in [5, 5.41) is 32.3. The van der Waals surface area contributed by atoms with Crippen molar-refractivity contribution in [3.05, 3.63) is 53.1 Å². The first kappa shape index (κ1) is 26.4. The summed E-state index contributed by atoms with van der Waals surface area (Å²) >= 11 is 0. The molecule has 4 N–H and O–H groups in total. The number of hydrogen-bond donors (Lipinski definition) is 4. The smallest absolute Gasteiger partial charge is 0.121 e. The third-order valence-electron chi connectivity index (χ3n) is 5.14. The Morgan fingerprint density at radius 1 is 1.07 bits per heavy atom. The van der Waals surface area contributed by atoms with Gasteiger partial charge in [-0.3, -0.25) is 0 Å². The minimum atomic E-state index is -0.647. The van der Waals surface area contributed by atoms with Crippen LogP contribution in [0.3, 0.4) is 0 Å². The number of benzene rings is 1. The highest BCUT2D eigenvalue weighted by molar-refractivity contribution is 5.36. The van der Waals surface area contributed by atoms with Crippen molar-refractivity contribution >= 4 is 0 Å². The third kappa shape index (κ3) is 11.5. The number of aliphatic hydroxyl groups excluding tert-OH is 2. The van der Waals surface area contributed by atoms with Gasteiger partial charge in [-0.15, -0.1) is 0 Å². The van der Waals surface area contributed by atoms with E-state index in [1.165, 1.54) is 18.1 Å². The first-order valence-corrected chi connectivity index (χ1v) is 11.3. The molecule has 1 aromatic carbocycles. The number of nitrogens with one attached hydrogen (secondary N) is 1.